The molecule has 3 rings (SSSR count). The van der Waals surface area contributed by atoms with E-state index in [1.54, 1.807) is 0 Å². The number of anilines is 1. The SMILES string of the molecule is Cc1ccccc1-c1c(Cl)nc(N2CCCC2)nc1Cl. The van der Waals surface area contributed by atoms with Crippen molar-refractivity contribution in [2.75, 3.05) is 18.0 Å². The molecule has 0 spiro atoms. The van der Waals surface area contributed by atoms with Crippen LogP contribution in [0.5, 0.6) is 0 Å². The van der Waals surface area contributed by atoms with Crippen molar-refractivity contribution < 1.29 is 0 Å². The summed E-state index contributed by atoms with van der Waals surface area (Å²) in [5.74, 6) is 0.634. The molecule has 0 bridgehead atoms. The van der Waals surface area contributed by atoms with Crippen molar-refractivity contribution in [1.29, 1.82) is 0 Å². The monoisotopic (exact) mass is 307 g/mol. The summed E-state index contributed by atoms with van der Waals surface area (Å²) in [7, 11) is 0. The van der Waals surface area contributed by atoms with Gasteiger partial charge in [0.05, 0.1) is 5.56 Å². The van der Waals surface area contributed by atoms with Crippen LogP contribution in [0.25, 0.3) is 11.1 Å². The zero-order chi connectivity index (χ0) is 14.1. The Morgan fingerprint density at radius 1 is 1.00 bits per heavy atom. The number of rotatable bonds is 2. The van der Waals surface area contributed by atoms with E-state index in [1.807, 2.05) is 31.2 Å². The maximum atomic E-state index is 6.36. The molecule has 0 radical (unpaired) electrons. The van der Waals surface area contributed by atoms with Crippen molar-refractivity contribution in [2.45, 2.75) is 19.8 Å². The number of aromatic nitrogens is 2. The number of nitrogens with zero attached hydrogens (tertiary/aromatic N) is 3. The molecule has 0 atom stereocenters. The highest BCUT2D eigenvalue weighted by Gasteiger charge is 2.20. The van der Waals surface area contributed by atoms with E-state index in [2.05, 4.69) is 14.9 Å². The first kappa shape index (κ1) is 13.7. The molecule has 0 amide bonds. The molecule has 0 unspecified atom stereocenters. The lowest BCUT2D eigenvalue weighted by atomic mass is 10.0. The smallest absolute Gasteiger partial charge is 0.228 e. The van der Waals surface area contributed by atoms with Crippen LogP contribution in [0.2, 0.25) is 10.3 Å². The Morgan fingerprint density at radius 2 is 1.60 bits per heavy atom. The van der Waals surface area contributed by atoms with E-state index in [0.29, 0.717) is 16.3 Å². The van der Waals surface area contributed by atoms with E-state index in [1.165, 1.54) is 0 Å². The summed E-state index contributed by atoms with van der Waals surface area (Å²) in [6.07, 6.45) is 2.33. The number of hydrogen-bond acceptors (Lipinski definition) is 3. The van der Waals surface area contributed by atoms with Crippen molar-refractivity contribution in [1.82, 2.24) is 9.97 Å². The lowest BCUT2D eigenvalue weighted by Crippen LogP contribution is -2.20. The topological polar surface area (TPSA) is 29.0 Å². The molecule has 1 aromatic heterocycles. The molecule has 2 heterocycles. The molecule has 0 aliphatic carbocycles. The average Bonchev–Trinajstić information content (AvgIpc) is 2.94. The summed E-state index contributed by atoms with van der Waals surface area (Å²) in [4.78, 5) is 11.0. The standard InChI is InChI=1S/C15H15Cl2N3/c1-10-6-2-3-7-11(10)12-13(16)18-15(19-14(12)17)20-8-4-5-9-20/h2-3,6-7H,4-5,8-9H2,1H3. The Bertz CT molecular complexity index is 614. The first-order chi connectivity index (χ1) is 9.66. The molecule has 3 nitrogen and oxygen atoms in total. The molecule has 1 aromatic carbocycles. The molecule has 1 aliphatic rings. The zero-order valence-electron chi connectivity index (χ0n) is 11.2. The zero-order valence-corrected chi connectivity index (χ0v) is 12.7. The van der Waals surface area contributed by atoms with E-state index in [9.17, 15) is 0 Å². The number of benzene rings is 1. The second-order valence-electron chi connectivity index (χ2n) is 4.99. The average molecular weight is 308 g/mol. The van der Waals surface area contributed by atoms with Gasteiger partial charge in [0, 0.05) is 13.1 Å². The first-order valence-electron chi connectivity index (χ1n) is 6.71. The van der Waals surface area contributed by atoms with E-state index >= 15 is 0 Å². The number of hydrogen-bond donors (Lipinski definition) is 0. The van der Waals surface area contributed by atoms with Gasteiger partial charge in [0.1, 0.15) is 10.3 Å². The third kappa shape index (κ3) is 2.48. The Morgan fingerprint density at radius 3 is 2.20 bits per heavy atom. The molecule has 2 aromatic rings. The van der Waals surface area contributed by atoms with Gasteiger partial charge in [-0.2, -0.15) is 0 Å². The van der Waals surface area contributed by atoms with Gasteiger partial charge in [-0.3, -0.25) is 0 Å². The molecule has 1 fully saturated rings. The van der Waals surface area contributed by atoms with Gasteiger partial charge in [-0.05, 0) is 30.9 Å². The van der Waals surface area contributed by atoms with Gasteiger partial charge in [-0.15, -0.1) is 0 Å². The summed E-state index contributed by atoms with van der Waals surface area (Å²) >= 11 is 12.7. The van der Waals surface area contributed by atoms with Gasteiger partial charge in [-0.25, -0.2) is 9.97 Å². The fraction of sp³-hybridized carbons (Fsp3) is 0.333. The van der Waals surface area contributed by atoms with Crippen molar-refractivity contribution >= 4 is 29.2 Å². The van der Waals surface area contributed by atoms with E-state index in [4.69, 9.17) is 23.2 Å². The summed E-state index contributed by atoms with van der Waals surface area (Å²) < 4.78 is 0. The van der Waals surface area contributed by atoms with Crippen molar-refractivity contribution in [3.8, 4) is 11.1 Å². The van der Waals surface area contributed by atoms with E-state index in [-0.39, 0.29) is 0 Å². The van der Waals surface area contributed by atoms with Crippen LogP contribution in [0.4, 0.5) is 5.95 Å². The molecule has 104 valence electrons. The highest BCUT2D eigenvalue weighted by molar-refractivity contribution is 6.37. The van der Waals surface area contributed by atoms with Crippen LogP contribution in [0, 0.1) is 6.92 Å². The van der Waals surface area contributed by atoms with Gasteiger partial charge < -0.3 is 4.90 Å². The van der Waals surface area contributed by atoms with Crippen LogP contribution in [0.15, 0.2) is 24.3 Å². The summed E-state index contributed by atoms with van der Waals surface area (Å²) in [6.45, 7) is 3.96. The summed E-state index contributed by atoms with van der Waals surface area (Å²) in [6, 6.07) is 7.96. The van der Waals surface area contributed by atoms with Gasteiger partial charge in [0.2, 0.25) is 5.95 Å². The normalized spacial score (nSPS) is 14.8. The van der Waals surface area contributed by atoms with Crippen LogP contribution in [-0.2, 0) is 0 Å². The van der Waals surface area contributed by atoms with E-state index in [0.717, 1.165) is 42.6 Å². The first-order valence-corrected chi connectivity index (χ1v) is 7.46. The third-order valence-electron chi connectivity index (χ3n) is 3.61. The largest absolute Gasteiger partial charge is 0.341 e. The van der Waals surface area contributed by atoms with Crippen molar-refractivity contribution in [2.24, 2.45) is 0 Å². The minimum absolute atomic E-state index is 0.418. The summed E-state index contributed by atoms with van der Waals surface area (Å²) in [5, 5.41) is 0.836. The van der Waals surface area contributed by atoms with Gasteiger partial charge in [0.15, 0.2) is 0 Å². The maximum absolute atomic E-state index is 6.36. The minimum atomic E-state index is 0.418. The Labute approximate surface area is 128 Å². The Hall–Kier alpha value is -1.32. The molecular weight excluding hydrogens is 293 g/mol. The molecular formula is C15H15Cl2N3. The minimum Gasteiger partial charge on any atom is -0.341 e. The van der Waals surface area contributed by atoms with Crippen LogP contribution in [0.1, 0.15) is 18.4 Å². The fourth-order valence-electron chi connectivity index (χ4n) is 2.53. The van der Waals surface area contributed by atoms with Gasteiger partial charge in [-0.1, -0.05) is 47.5 Å². The van der Waals surface area contributed by atoms with Crippen LogP contribution < -0.4 is 4.90 Å². The van der Waals surface area contributed by atoms with Gasteiger partial charge in [0.25, 0.3) is 0 Å². The number of halogens is 2. The quantitative estimate of drug-likeness (QED) is 0.772. The molecule has 0 N–H and O–H groups in total. The van der Waals surface area contributed by atoms with E-state index < -0.39 is 0 Å². The molecule has 1 saturated heterocycles. The molecule has 5 heteroatoms. The molecule has 20 heavy (non-hydrogen) atoms. The lowest BCUT2D eigenvalue weighted by molar-refractivity contribution is 0.899. The van der Waals surface area contributed by atoms with Crippen LogP contribution in [0.3, 0.4) is 0 Å². The second kappa shape index (κ2) is 5.58. The summed E-state index contributed by atoms with van der Waals surface area (Å²) in [5.41, 5.74) is 2.80. The lowest BCUT2D eigenvalue weighted by Gasteiger charge is -2.17. The highest BCUT2D eigenvalue weighted by Crippen LogP contribution is 2.35. The van der Waals surface area contributed by atoms with Crippen molar-refractivity contribution in [3.05, 3.63) is 40.1 Å². The predicted octanol–water partition coefficient (Wildman–Crippen LogP) is 4.36. The fourth-order valence-corrected chi connectivity index (χ4v) is 3.11. The second-order valence-corrected chi connectivity index (χ2v) is 5.71. The predicted molar refractivity (Wildman–Crippen MR) is 83.7 cm³/mol. The van der Waals surface area contributed by atoms with Gasteiger partial charge >= 0.3 is 0 Å². The third-order valence-corrected chi connectivity index (χ3v) is 4.16. The Kier molecular flexibility index (Phi) is 3.81. The van der Waals surface area contributed by atoms with Crippen LogP contribution in [-0.4, -0.2) is 23.1 Å². The van der Waals surface area contributed by atoms with Crippen molar-refractivity contribution in [3.63, 3.8) is 0 Å². The molecule has 1 aliphatic heterocycles. The molecule has 0 saturated carbocycles. The Balaban J connectivity index is 2.07. The highest BCUT2D eigenvalue weighted by atomic mass is 35.5. The van der Waals surface area contributed by atoms with Crippen LogP contribution >= 0.6 is 23.2 Å². The number of aryl methyl sites for hydroxylation is 1. The maximum Gasteiger partial charge on any atom is 0.228 e.